The minimum absolute atomic E-state index is 0.142. The van der Waals surface area contributed by atoms with Gasteiger partial charge in [0.15, 0.2) is 5.66 Å². The summed E-state index contributed by atoms with van der Waals surface area (Å²) in [5.74, 6) is -4.98. The molecule has 0 aliphatic carbocycles. The molecule has 0 saturated carbocycles. The summed E-state index contributed by atoms with van der Waals surface area (Å²) in [5.41, 5.74) is -1.70. The fraction of sp³-hybridized carbons (Fsp3) is 0.750. The number of hydrogen-bond acceptors (Lipinski definition) is 4. The predicted molar refractivity (Wildman–Crippen MR) is 75.7 cm³/mol. The second-order valence-corrected chi connectivity index (χ2v) is 6.65. The van der Waals surface area contributed by atoms with Crippen LogP contribution < -0.4 is 0 Å². The first-order valence-corrected chi connectivity index (χ1v) is 8.36. The number of hydrogen-bond donors (Lipinski definition) is 5. The lowest BCUT2D eigenvalue weighted by Crippen LogP contribution is -2.35. The van der Waals surface area contributed by atoms with Crippen LogP contribution in [0.3, 0.4) is 0 Å². The highest BCUT2D eigenvalue weighted by Crippen LogP contribution is 2.46. The van der Waals surface area contributed by atoms with Gasteiger partial charge in [0.2, 0.25) is 0 Å². The van der Waals surface area contributed by atoms with Crippen LogP contribution in [-0.4, -0.2) is 43.3 Å². The first-order chi connectivity index (χ1) is 9.61. The zero-order valence-corrected chi connectivity index (χ0v) is 12.8. The number of unbranched alkanes of at least 4 members (excludes halogenated alkanes) is 1. The number of carboxylic acids is 2. The van der Waals surface area contributed by atoms with Crippen molar-refractivity contribution < 1.29 is 34.2 Å². The molecule has 2 unspecified atom stereocenters. The van der Waals surface area contributed by atoms with Crippen molar-refractivity contribution in [2.75, 3.05) is 0 Å². The molecule has 0 bridgehead atoms. The number of nitrogens with one attached hydrogen (secondary N) is 1. The van der Waals surface area contributed by atoms with Crippen molar-refractivity contribution in [1.82, 2.24) is 0 Å². The van der Waals surface area contributed by atoms with Gasteiger partial charge in [-0.3, -0.25) is 14.2 Å². The van der Waals surface area contributed by atoms with Gasteiger partial charge in [-0.25, -0.2) is 0 Å². The fourth-order valence-corrected chi connectivity index (χ4v) is 3.13. The predicted octanol–water partition coefficient (Wildman–Crippen LogP) is 1.70. The molecule has 0 aromatic carbocycles. The van der Waals surface area contributed by atoms with Crippen molar-refractivity contribution in [1.29, 1.82) is 5.41 Å². The lowest BCUT2D eigenvalue weighted by molar-refractivity contribution is -0.148. The van der Waals surface area contributed by atoms with Gasteiger partial charge in [0.25, 0.3) is 0 Å². The molecule has 0 spiro atoms. The van der Waals surface area contributed by atoms with Crippen LogP contribution in [0.15, 0.2) is 0 Å². The molecule has 0 heterocycles. The Morgan fingerprint density at radius 3 is 2.05 bits per heavy atom. The van der Waals surface area contributed by atoms with Gasteiger partial charge in [0.05, 0.1) is 5.92 Å². The summed E-state index contributed by atoms with van der Waals surface area (Å²) in [6, 6.07) is 0. The summed E-state index contributed by atoms with van der Waals surface area (Å²) in [4.78, 5) is 40.0. The van der Waals surface area contributed by atoms with Crippen LogP contribution >= 0.6 is 7.60 Å². The molecule has 2 atom stereocenters. The van der Waals surface area contributed by atoms with E-state index in [1.54, 1.807) is 0 Å². The van der Waals surface area contributed by atoms with Gasteiger partial charge < -0.3 is 25.4 Å². The Bertz CT molecular complexity index is 431. The van der Waals surface area contributed by atoms with E-state index in [0.29, 0.717) is 31.4 Å². The molecule has 0 aliphatic rings. The maximum absolute atomic E-state index is 11.2. The van der Waals surface area contributed by atoms with E-state index in [4.69, 9.17) is 25.4 Å². The maximum atomic E-state index is 11.2. The second kappa shape index (κ2) is 8.92. The standard InChI is InChI=1S/C12H22NO7P/c1-2-5-8(13)6-3-4-7-9(11(14)15)10(12(16)17)21(18,19)20/h9-10,13H,2-7H2,1H3,(H,14,15)(H,16,17)(H2,18,19,20). The Labute approximate surface area is 122 Å². The van der Waals surface area contributed by atoms with Gasteiger partial charge in [-0.1, -0.05) is 19.8 Å². The summed E-state index contributed by atoms with van der Waals surface area (Å²) in [5, 5.41) is 25.4. The Kier molecular flexibility index (Phi) is 8.39. The highest BCUT2D eigenvalue weighted by atomic mass is 31.2. The van der Waals surface area contributed by atoms with E-state index in [2.05, 4.69) is 0 Å². The van der Waals surface area contributed by atoms with Gasteiger partial charge in [-0.05, 0) is 25.7 Å². The molecule has 0 saturated heterocycles. The van der Waals surface area contributed by atoms with Gasteiger partial charge in [0, 0.05) is 5.71 Å². The monoisotopic (exact) mass is 323 g/mol. The third-order valence-corrected chi connectivity index (χ3v) is 4.41. The van der Waals surface area contributed by atoms with Gasteiger partial charge in [-0.2, -0.15) is 0 Å². The largest absolute Gasteiger partial charge is 0.481 e. The molecule has 21 heavy (non-hydrogen) atoms. The van der Waals surface area contributed by atoms with Gasteiger partial charge in [-0.15, -0.1) is 0 Å². The van der Waals surface area contributed by atoms with Crippen LogP contribution in [0.25, 0.3) is 0 Å². The molecular formula is C12H22NO7P. The third kappa shape index (κ3) is 7.36. The fourth-order valence-electron chi connectivity index (χ4n) is 2.10. The molecule has 0 radical (unpaired) electrons. The Balaban J connectivity index is 4.63. The van der Waals surface area contributed by atoms with E-state index < -0.39 is 31.1 Å². The first kappa shape index (κ1) is 19.8. The Morgan fingerprint density at radius 2 is 1.67 bits per heavy atom. The van der Waals surface area contributed by atoms with E-state index in [9.17, 15) is 14.2 Å². The molecule has 0 fully saturated rings. The minimum atomic E-state index is -5.04. The topological polar surface area (TPSA) is 156 Å². The number of rotatable bonds is 11. The number of aliphatic carboxylic acids is 2. The summed E-state index contributed by atoms with van der Waals surface area (Å²) in [6.45, 7) is 1.94. The summed E-state index contributed by atoms with van der Waals surface area (Å²) in [6.07, 6.45) is 2.63. The molecule has 5 N–H and O–H groups in total. The highest BCUT2D eigenvalue weighted by molar-refractivity contribution is 7.53. The molecule has 0 amide bonds. The van der Waals surface area contributed by atoms with Gasteiger partial charge >= 0.3 is 19.5 Å². The summed E-state index contributed by atoms with van der Waals surface area (Å²) >= 11 is 0. The Morgan fingerprint density at radius 1 is 1.10 bits per heavy atom. The molecule has 8 nitrogen and oxygen atoms in total. The van der Waals surface area contributed by atoms with E-state index in [1.807, 2.05) is 6.92 Å². The lowest BCUT2D eigenvalue weighted by atomic mass is 9.96. The minimum Gasteiger partial charge on any atom is -0.481 e. The Hall–Kier alpha value is -1.24. The average Bonchev–Trinajstić information content (AvgIpc) is 2.30. The smallest absolute Gasteiger partial charge is 0.340 e. The zero-order valence-electron chi connectivity index (χ0n) is 11.9. The number of carboxylic acid groups (broad SMARTS) is 2. The van der Waals surface area contributed by atoms with Crippen molar-refractivity contribution >= 4 is 25.2 Å². The second-order valence-electron chi connectivity index (χ2n) is 4.92. The quantitative estimate of drug-likeness (QED) is 0.220. The average molecular weight is 323 g/mol. The lowest BCUT2D eigenvalue weighted by Gasteiger charge is -2.21. The first-order valence-electron chi connectivity index (χ1n) is 6.68. The van der Waals surface area contributed by atoms with Crippen molar-refractivity contribution in [2.45, 2.75) is 51.1 Å². The normalized spacial score (nSPS) is 14.4. The van der Waals surface area contributed by atoms with E-state index in [-0.39, 0.29) is 6.42 Å². The van der Waals surface area contributed by atoms with Crippen molar-refractivity contribution in [3.63, 3.8) is 0 Å². The van der Waals surface area contributed by atoms with Crippen LogP contribution in [-0.2, 0) is 14.2 Å². The van der Waals surface area contributed by atoms with E-state index in [0.717, 1.165) is 6.42 Å². The third-order valence-electron chi connectivity index (χ3n) is 3.11. The van der Waals surface area contributed by atoms with Crippen LogP contribution in [0.5, 0.6) is 0 Å². The SMILES string of the molecule is CCCC(=N)CCCCC(C(=O)O)C(C(=O)O)P(=O)(O)O. The van der Waals surface area contributed by atoms with Crippen LogP contribution in [0, 0.1) is 11.3 Å². The molecule has 0 aliphatic heterocycles. The van der Waals surface area contributed by atoms with Gasteiger partial charge in [0.1, 0.15) is 0 Å². The zero-order chi connectivity index (χ0) is 16.6. The van der Waals surface area contributed by atoms with Crippen LogP contribution in [0.1, 0.15) is 45.4 Å². The molecular weight excluding hydrogens is 301 g/mol. The summed E-state index contributed by atoms with van der Waals surface area (Å²) in [7, 11) is -5.04. The maximum Gasteiger partial charge on any atom is 0.340 e. The molecule has 9 heteroatoms. The van der Waals surface area contributed by atoms with Crippen molar-refractivity contribution in [3.8, 4) is 0 Å². The van der Waals surface area contributed by atoms with E-state index in [1.165, 1.54) is 0 Å². The number of carbonyl (C=O) groups is 2. The molecule has 0 aromatic rings. The molecule has 122 valence electrons. The van der Waals surface area contributed by atoms with Crippen LogP contribution in [0.4, 0.5) is 0 Å². The highest BCUT2D eigenvalue weighted by Gasteiger charge is 2.45. The van der Waals surface area contributed by atoms with Crippen molar-refractivity contribution in [2.24, 2.45) is 5.92 Å². The molecule has 0 aromatic heterocycles. The molecule has 0 rings (SSSR count). The van der Waals surface area contributed by atoms with Crippen molar-refractivity contribution in [3.05, 3.63) is 0 Å². The van der Waals surface area contributed by atoms with Crippen LogP contribution in [0.2, 0.25) is 0 Å². The van der Waals surface area contributed by atoms with E-state index >= 15 is 0 Å². The summed E-state index contributed by atoms with van der Waals surface area (Å²) < 4.78 is 11.2.